The van der Waals surface area contributed by atoms with Gasteiger partial charge in [0.15, 0.2) is 5.57 Å². The maximum absolute atomic E-state index is 10.9. The van der Waals surface area contributed by atoms with Crippen LogP contribution in [0.15, 0.2) is 11.3 Å². The minimum absolute atomic E-state index is 0.0775. The number of nitrogens with two attached hydrogens (primary N) is 1. The van der Waals surface area contributed by atoms with Crippen LogP contribution in [0, 0.1) is 0 Å². The molecule has 0 aliphatic carbocycles. The number of ether oxygens (including phenoxy) is 2. The van der Waals surface area contributed by atoms with E-state index in [1.165, 1.54) is 6.92 Å². The molecule has 0 rings (SSSR count). The predicted molar refractivity (Wildman–Crippen MR) is 40.9 cm³/mol. The van der Waals surface area contributed by atoms with E-state index < -0.39 is 11.9 Å². The first-order chi connectivity index (χ1) is 5.54. The van der Waals surface area contributed by atoms with Crippen LogP contribution in [0.4, 0.5) is 0 Å². The second-order valence-electron chi connectivity index (χ2n) is 2.04. The zero-order chi connectivity index (χ0) is 9.72. The number of hydrogen-bond acceptors (Lipinski definition) is 5. The van der Waals surface area contributed by atoms with Crippen LogP contribution in [0.5, 0.6) is 0 Å². The second kappa shape index (κ2) is 4.38. The number of hydrogen-bond donors (Lipinski definition) is 1. The van der Waals surface area contributed by atoms with Crippen LogP contribution in [0.2, 0.25) is 0 Å². The summed E-state index contributed by atoms with van der Waals surface area (Å²) >= 11 is 0. The molecule has 12 heavy (non-hydrogen) atoms. The predicted octanol–water partition coefficient (Wildman–Crippen LogP) is -0.435. The van der Waals surface area contributed by atoms with E-state index in [1.807, 2.05) is 0 Å². The zero-order valence-electron chi connectivity index (χ0n) is 7.21. The summed E-state index contributed by atoms with van der Waals surface area (Å²) in [6.07, 6.45) is 0. The van der Waals surface area contributed by atoms with Gasteiger partial charge in [-0.3, -0.25) is 0 Å². The maximum Gasteiger partial charge on any atom is 0.347 e. The molecule has 0 aromatic carbocycles. The lowest BCUT2D eigenvalue weighted by molar-refractivity contribution is -0.144. The van der Waals surface area contributed by atoms with E-state index in [2.05, 4.69) is 9.47 Å². The van der Waals surface area contributed by atoms with E-state index in [0.717, 1.165) is 14.2 Å². The summed E-state index contributed by atoms with van der Waals surface area (Å²) in [4.78, 5) is 21.8. The molecule has 5 nitrogen and oxygen atoms in total. The second-order valence-corrected chi connectivity index (χ2v) is 2.04. The molecule has 0 saturated carbocycles. The molecule has 0 aromatic rings. The van der Waals surface area contributed by atoms with Gasteiger partial charge < -0.3 is 15.2 Å². The largest absolute Gasteiger partial charge is 0.465 e. The van der Waals surface area contributed by atoms with Gasteiger partial charge in [0.1, 0.15) is 0 Å². The summed E-state index contributed by atoms with van der Waals surface area (Å²) in [5, 5.41) is 0. The molecule has 0 unspecified atom stereocenters. The number of carbonyl (C=O) groups excluding carboxylic acids is 2. The fourth-order valence-corrected chi connectivity index (χ4v) is 0.609. The van der Waals surface area contributed by atoms with E-state index in [-0.39, 0.29) is 11.3 Å². The van der Waals surface area contributed by atoms with Crippen molar-refractivity contribution >= 4 is 11.9 Å². The monoisotopic (exact) mass is 173 g/mol. The summed E-state index contributed by atoms with van der Waals surface area (Å²) < 4.78 is 8.64. The van der Waals surface area contributed by atoms with Gasteiger partial charge >= 0.3 is 11.9 Å². The van der Waals surface area contributed by atoms with Gasteiger partial charge in [-0.2, -0.15) is 0 Å². The van der Waals surface area contributed by atoms with Gasteiger partial charge in [0.25, 0.3) is 0 Å². The molecule has 0 heterocycles. The first-order valence-corrected chi connectivity index (χ1v) is 3.17. The highest BCUT2D eigenvalue weighted by Crippen LogP contribution is 2.03. The fourth-order valence-electron chi connectivity index (χ4n) is 0.609. The molecule has 0 aliphatic heterocycles. The van der Waals surface area contributed by atoms with Gasteiger partial charge in [0, 0.05) is 5.70 Å². The molecule has 0 aromatic heterocycles. The van der Waals surface area contributed by atoms with Crippen molar-refractivity contribution < 1.29 is 19.1 Å². The highest BCUT2D eigenvalue weighted by molar-refractivity contribution is 6.14. The number of rotatable bonds is 2. The molecule has 2 N–H and O–H groups in total. The molecule has 5 heteroatoms. The first kappa shape index (κ1) is 10.5. The zero-order valence-corrected chi connectivity index (χ0v) is 7.21. The first-order valence-electron chi connectivity index (χ1n) is 3.17. The van der Waals surface area contributed by atoms with E-state index in [0.29, 0.717) is 0 Å². The normalized spacial score (nSPS) is 8.58. The third-order valence-corrected chi connectivity index (χ3v) is 1.17. The van der Waals surface area contributed by atoms with Crippen molar-refractivity contribution in [2.75, 3.05) is 14.2 Å². The number of carbonyl (C=O) groups is 2. The summed E-state index contributed by atoms with van der Waals surface area (Å²) in [5.74, 6) is -1.58. The quantitative estimate of drug-likeness (QED) is 0.265. The van der Waals surface area contributed by atoms with Crippen LogP contribution in [-0.4, -0.2) is 26.2 Å². The topological polar surface area (TPSA) is 78.6 Å². The molecule has 0 aliphatic rings. The molecular formula is C7H11NO4. The van der Waals surface area contributed by atoms with Crippen LogP contribution in [0.3, 0.4) is 0 Å². The minimum Gasteiger partial charge on any atom is -0.465 e. The van der Waals surface area contributed by atoms with Gasteiger partial charge in [-0.1, -0.05) is 0 Å². The van der Waals surface area contributed by atoms with Crippen LogP contribution < -0.4 is 5.73 Å². The van der Waals surface area contributed by atoms with Gasteiger partial charge in [-0.05, 0) is 6.92 Å². The Morgan fingerprint density at radius 2 is 1.42 bits per heavy atom. The van der Waals surface area contributed by atoms with Crippen LogP contribution >= 0.6 is 0 Å². The average molecular weight is 173 g/mol. The minimum atomic E-state index is -0.790. The molecule has 0 amide bonds. The summed E-state index contributed by atoms with van der Waals surface area (Å²) in [6.45, 7) is 1.42. The van der Waals surface area contributed by atoms with Gasteiger partial charge in [0.05, 0.1) is 14.2 Å². The van der Waals surface area contributed by atoms with Gasteiger partial charge in [-0.15, -0.1) is 0 Å². The number of methoxy groups -OCH3 is 2. The lowest BCUT2D eigenvalue weighted by Gasteiger charge is -2.04. The Morgan fingerprint density at radius 1 is 1.08 bits per heavy atom. The SMILES string of the molecule is COC(=O)C(C(=O)OC)=C(C)N. The summed E-state index contributed by atoms with van der Waals surface area (Å²) in [6, 6.07) is 0. The van der Waals surface area contributed by atoms with Crippen molar-refractivity contribution in [3.8, 4) is 0 Å². The van der Waals surface area contributed by atoms with Crippen molar-refractivity contribution in [1.82, 2.24) is 0 Å². The van der Waals surface area contributed by atoms with E-state index >= 15 is 0 Å². The summed E-state index contributed by atoms with van der Waals surface area (Å²) in [7, 11) is 2.32. The van der Waals surface area contributed by atoms with Gasteiger partial charge in [0.2, 0.25) is 0 Å². The number of esters is 2. The van der Waals surface area contributed by atoms with Crippen molar-refractivity contribution in [3.05, 3.63) is 11.3 Å². The van der Waals surface area contributed by atoms with E-state index in [9.17, 15) is 9.59 Å². The Bertz CT molecular complexity index is 210. The standard InChI is InChI=1S/C7H11NO4/c1-4(8)5(6(9)11-2)7(10)12-3/h8H2,1-3H3. The smallest absolute Gasteiger partial charge is 0.347 e. The Morgan fingerprint density at radius 3 is 1.58 bits per heavy atom. The Balaban J connectivity index is 4.83. The lowest BCUT2D eigenvalue weighted by atomic mass is 10.2. The molecule has 0 radical (unpaired) electrons. The average Bonchev–Trinajstić information content (AvgIpc) is 2.03. The lowest BCUT2D eigenvalue weighted by Crippen LogP contribution is -2.20. The maximum atomic E-state index is 10.9. The molecule has 0 spiro atoms. The van der Waals surface area contributed by atoms with Crippen molar-refractivity contribution in [2.45, 2.75) is 6.92 Å². The van der Waals surface area contributed by atoms with Crippen LogP contribution in [0.25, 0.3) is 0 Å². The van der Waals surface area contributed by atoms with E-state index in [4.69, 9.17) is 5.73 Å². The van der Waals surface area contributed by atoms with Crippen molar-refractivity contribution in [2.24, 2.45) is 5.73 Å². The molecule has 68 valence electrons. The highest BCUT2D eigenvalue weighted by atomic mass is 16.5. The molecule has 0 bridgehead atoms. The van der Waals surface area contributed by atoms with Crippen molar-refractivity contribution in [1.29, 1.82) is 0 Å². The molecule has 0 saturated heterocycles. The highest BCUT2D eigenvalue weighted by Gasteiger charge is 2.21. The van der Waals surface area contributed by atoms with Crippen LogP contribution in [0.1, 0.15) is 6.92 Å². The number of allylic oxidation sites excluding steroid dienone is 1. The Hall–Kier alpha value is -1.52. The molecular weight excluding hydrogens is 162 g/mol. The third kappa shape index (κ3) is 2.26. The Labute approximate surface area is 70.1 Å². The molecule has 0 atom stereocenters. The van der Waals surface area contributed by atoms with Crippen molar-refractivity contribution in [3.63, 3.8) is 0 Å². The Kier molecular flexibility index (Phi) is 3.82. The van der Waals surface area contributed by atoms with Crippen LogP contribution in [-0.2, 0) is 19.1 Å². The third-order valence-electron chi connectivity index (χ3n) is 1.17. The summed E-state index contributed by atoms with van der Waals surface area (Å²) in [5.41, 5.74) is 5.08. The molecule has 0 fully saturated rings. The van der Waals surface area contributed by atoms with Gasteiger partial charge in [-0.25, -0.2) is 9.59 Å². The fraction of sp³-hybridized carbons (Fsp3) is 0.429. The van der Waals surface area contributed by atoms with E-state index in [1.54, 1.807) is 0 Å².